The first kappa shape index (κ1) is 29.3. The predicted molar refractivity (Wildman–Crippen MR) is 177 cm³/mol. The van der Waals surface area contributed by atoms with Crippen LogP contribution in [0.2, 0.25) is 0 Å². The number of nitrogens with zero attached hydrogens (tertiary/aromatic N) is 2. The van der Waals surface area contributed by atoms with Gasteiger partial charge in [0.2, 0.25) is 0 Å². The van der Waals surface area contributed by atoms with E-state index in [1.807, 2.05) is 48.0 Å². The van der Waals surface area contributed by atoms with Crippen LogP contribution < -0.4 is 21.2 Å². The number of fused-ring (bicyclic) bond motifs is 5. The zero-order chi connectivity index (χ0) is 30.9. The Labute approximate surface area is 259 Å². The highest BCUT2D eigenvalue weighted by atomic mass is 19.1. The first-order valence-corrected chi connectivity index (χ1v) is 15.7. The van der Waals surface area contributed by atoms with E-state index in [1.165, 1.54) is 6.07 Å². The van der Waals surface area contributed by atoms with Crippen molar-refractivity contribution in [1.29, 1.82) is 0 Å². The number of ether oxygens (including phenoxy) is 1. The quantitative estimate of drug-likeness (QED) is 0.102. The highest BCUT2D eigenvalue weighted by molar-refractivity contribution is 6.10. The highest BCUT2D eigenvalue weighted by Crippen LogP contribution is 2.39. The second kappa shape index (κ2) is 12.5. The number of pyridine rings is 1. The molecular formula is C35H38FN5O4. The number of unbranched alkanes of at least 4 members (excludes halogenated alkanes) is 1. The van der Waals surface area contributed by atoms with Crippen LogP contribution in [0.4, 0.5) is 10.1 Å². The number of anilines is 1. The van der Waals surface area contributed by atoms with E-state index in [2.05, 4.69) is 27.4 Å². The molecule has 3 N–H and O–H groups in total. The number of morpholine rings is 1. The summed E-state index contributed by atoms with van der Waals surface area (Å²) in [6, 6.07) is 13.2. The molecule has 0 spiro atoms. The summed E-state index contributed by atoms with van der Waals surface area (Å²) >= 11 is 0. The molecule has 7 rings (SSSR count). The standard InChI is InChI=1S/C35H38FN5O4/c1-22-24-18-27(36)32(38-12-7-13-40-14-16-43-17-15-40)34-33(24)41(21-26(22)35(42)39-11-6-5-10-37-2)28-20-30-25(19-31(28)45-34)23-8-3-4-9-29(23)44-30/h3-4,8-9,18-21,37-38H,1,5-7,10-17H2,2H3,(H,39,42). The van der Waals surface area contributed by atoms with E-state index in [1.54, 1.807) is 6.20 Å². The molecule has 3 aliphatic heterocycles. The van der Waals surface area contributed by atoms with Gasteiger partial charge in [-0.25, -0.2) is 4.39 Å². The number of benzene rings is 3. The summed E-state index contributed by atoms with van der Waals surface area (Å²) in [5.74, 6) is -0.705. The van der Waals surface area contributed by atoms with Crippen molar-refractivity contribution in [3.63, 3.8) is 0 Å². The minimum Gasteiger partial charge on any atom is -0.456 e. The fraction of sp³-hybridized carbons (Fsp3) is 0.343. The molecular weight excluding hydrogens is 573 g/mol. The van der Waals surface area contributed by atoms with E-state index in [0.29, 0.717) is 62.9 Å². The number of rotatable bonds is 11. The van der Waals surface area contributed by atoms with Crippen LogP contribution in [0, 0.1) is 5.82 Å². The topological polar surface area (TPSA) is 96.8 Å². The summed E-state index contributed by atoms with van der Waals surface area (Å²) in [6.45, 7) is 10.4. The summed E-state index contributed by atoms with van der Waals surface area (Å²) < 4.78 is 36.1. The van der Waals surface area contributed by atoms with E-state index >= 15 is 4.39 Å². The fourth-order valence-corrected chi connectivity index (χ4v) is 6.34. The van der Waals surface area contributed by atoms with Gasteiger partial charge in [-0.1, -0.05) is 24.8 Å². The Morgan fingerprint density at radius 1 is 0.933 bits per heavy atom. The van der Waals surface area contributed by atoms with Gasteiger partial charge in [0.1, 0.15) is 16.9 Å². The minimum absolute atomic E-state index is 0.250. The molecule has 9 nitrogen and oxygen atoms in total. The molecule has 0 saturated carbocycles. The Morgan fingerprint density at radius 2 is 1.76 bits per heavy atom. The Bertz CT molecular complexity index is 2040. The molecule has 4 heterocycles. The molecule has 3 aliphatic rings. The molecule has 1 saturated heterocycles. The molecule has 45 heavy (non-hydrogen) atoms. The number of amides is 1. The maximum Gasteiger partial charge on any atom is 0.253 e. The first-order valence-electron chi connectivity index (χ1n) is 15.7. The largest absolute Gasteiger partial charge is 0.456 e. The Morgan fingerprint density at radius 3 is 2.60 bits per heavy atom. The monoisotopic (exact) mass is 611 g/mol. The minimum atomic E-state index is -0.455. The van der Waals surface area contributed by atoms with Crippen molar-refractivity contribution in [2.75, 3.05) is 64.8 Å². The summed E-state index contributed by atoms with van der Waals surface area (Å²) in [7, 11) is 1.91. The predicted octanol–water partition coefficient (Wildman–Crippen LogP) is 5.41. The lowest BCUT2D eigenvalue weighted by Gasteiger charge is -2.26. The normalized spacial score (nSPS) is 14.4. The van der Waals surface area contributed by atoms with E-state index in [4.69, 9.17) is 13.6 Å². The molecule has 0 bridgehead atoms. The fourth-order valence-electron chi connectivity index (χ4n) is 6.34. The van der Waals surface area contributed by atoms with Gasteiger partial charge in [0, 0.05) is 54.6 Å². The van der Waals surface area contributed by atoms with Gasteiger partial charge in [0.15, 0.2) is 17.0 Å². The molecule has 0 unspecified atom stereocenters. The number of hydrogen-bond acceptors (Lipinski definition) is 7. The second-order valence-corrected chi connectivity index (χ2v) is 11.7. The van der Waals surface area contributed by atoms with Gasteiger partial charge in [-0.15, -0.1) is 0 Å². The van der Waals surface area contributed by atoms with Crippen LogP contribution in [0.3, 0.4) is 0 Å². The lowest BCUT2D eigenvalue weighted by Crippen LogP contribution is -2.37. The molecule has 234 valence electrons. The van der Waals surface area contributed by atoms with Crippen molar-refractivity contribution >= 4 is 62.2 Å². The maximum absolute atomic E-state index is 16.0. The number of para-hydroxylation sites is 1. The molecule has 4 aromatic rings. The van der Waals surface area contributed by atoms with E-state index in [9.17, 15) is 4.79 Å². The second-order valence-electron chi connectivity index (χ2n) is 11.7. The lowest BCUT2D eigenvalue weighted by molar-refractivity contribution is 0.0378. The van der Waals surface area contributed by atoms with Crippen molar-refractivity contribution in [3.05, 3.63) is 65.3 Å². The van der Waals surface area contributed by atoms with Crippen LogP contribution in [0.5, 0.6) is 0 Å². The van der Waals surface area contributed by atoms with Gasteiger partial charge in [0.25, 0.3) is 5.91 Å². The van der Waals surface area contributed by atoms with Gasteiger partial charge in [0.05, 0.1) is 30.0 Å². The van der Waals surface area contributed by atoms with Crippen molar-refractivity contribution < 1.29 is 22.8 Å². The number of carbonyl (C=O) groups excluding carboxylic acids is 1. The Balaban J connectivity index is 1.35. The molecule has 10 heteroatoms. The third-order valence-corrected chi connectivity index (χ3v) is 8.73. The van der Waals surface area contributed by atoms with Crippen LogP contribution in [-0.4, -0.2) is 74.9 Å². The van der Waals surface area contributed by atoms with Crippen LogP contribution in [-0.2, 0) is 4.74 Å². The zero-order valence-corrected chi connectivity index (χ0v) is 25.5. The molecule has 0 aliphatic carbocycles. The number of aromatic nitrogens is 1. The van der Waals surface area contributed by atoms with Crippen molar-refractivity contribution in [2.24, 2.45) is 0 Å². The molecule has 1 aromatic heterocycles. The molecule has 1 fully saturated rings. The number of furan rings is 1. The molecule has 3 aromatic carbocycles. The van der Waals surface area contributed by atoms with Crippen molar-refractivity contribution in [1.82, 2.24) is 20.1 Å². The van der Waals surface area contributed by atoms with Gasteiger partial charge in [-0.2, -0.15) is 0 Å². The molecule has 0 atom stereocenters. The number of halogens is 1. The Kier molecular flexibility index (Phi) is 8.18. The van der Waals surface area contributed by atoms with Crippen molar-refractivity contribution in [2.45, 2.75) is 19.3 Å². The zero-order valence-electron chi connectivity index (χ0n) is 25.5. The SMILES string of the molecule is C=c1c(C(=O)NCCCCNC)cn2c3cc4oc5ccccc5c4cc3oc3c(NCCCN4CCOCC4)c(F)cc1c3-2. The third kappa shape index (κ3) is 5.54. The first-order chi connectivity index (χ1) is 22.0. The van der Waals surface area contributed by atoms with Crippen LogP contribution in [0.1, 0.15) is 29.6 Å². The smallest absolute Gasteiger partial charge is 0.253 e. The van der Waals surface area contributed by atoms with Crippen LogP contribution >= 0.6 is 0 Å². The van der Waals surface area contributed by atoms with Gasteiger partial charge in [-0.05, 0) is 62.8 Å². The van der Waals surface area contributed by atoms with E-state index in [-0.39, 0.29) is 5.91 Å². The van der Waals surface area contributed by atoms with Gasteiger partial charge < -0.3 is 34.1 Å². The van der Waals surface area contributed by atoms with Crippen LogP contribution in [0.15, 0.2) is 57.5 Å². The summed E-state index contributed by atoms with van der Waals surface area (Å²) in [5, 5.41) is 12.3. The van der Waals surface area contributed by atoms with Gasteiger partial charge >= 0.3 is 0 Å². The third-order valence-electron chi connectivity index (χ3n) is 8.73. The van der Waals surface area contributed by atoms with Crippen LogP contribution in [0.25, 0.3) is 56.3 Å². The Hall–Kier alpha value is -4.38. The number of nitrogens with one attached hydrogen (secondary N) is 3. The summed E-state index contributed by atoms with van der Waals surface area (Å²) in [4.78, 5) is 15.8. The highest BCUT2D eigenvalue weighted by Gasteiger charge is 2.25. The van der Waals surface area contributed by atoms with E-state index in [0.717, 1.165) is 75.0 Å². The average molecular weight is 612 g/mol. The summed E-state index contributed by atoms with van der Waals surface area (Å²) in [6.07, 6.45) is 4.41. The van der Waals surface area contributed by atoms with E-state index < -0.39 is 5.82 Å². The average Bonchev–Trinajstić information content (AvgIpc) is 3.42. The van der Waals surface area contributed by atoms with Crippen molar-refractivity contribution in [3.8, 4) is 5.69 Å². The lowest BCUT2D eigenvalue weighted by atomic mass is 10.0. The van der Waals surface area contributed by atoms with Gasteiger partial charge in [-0.3, -0.25) is 9.69 Å². The summed E-state index contributed by atoms with van der Waals surface area (Å²) in [5.41, 5.74) is 4.40. The molecule has 1 amide bonds. The number of carbonyl (C=O) groups is 1. The number of hydrogen-bond donors (Lipinski definition) is 3. The maximum atomic E-state index is 16.0. The molecule has 0 radical (unpaired) electrons.